The van der Waals surface area contributed by atoms with Crippen LogP contribution in [0.3, 0.4) is 0 Å². The van der Waals surface area contributed by atoms with Crippen molar-refractivity contribution in [2.75, 3.05) is 5.75 Å². The lowest BCUT2D eigenvalue weighted by Crippen LogP contribution is -2.01. The average Bonchev–Trinajstić information content (AvgIpc) is 2.48. The summed E-state index contributed by atoms with van der Waals surface area (Å²) in [4.78, 5) is 13.5. The van der Waals surface area contributed by atoms with E-state index in [1.54, 1.807) is 0 Å². The number of unbranched alkanes of at least 4 members (excludes halogenated alkanes) is 1. The van der Waals surface area contributed by atoms with Gasteiger partial charge in [-0.05, 0) is 42.5 Å². The molecule has 1 heterocycles. The highest BCUT2D eigenvalue weighted by molar-refractivity contribution is 7.99. The van der Waals surface area contributed by atoms with Crippen LogP contribution in [0.25, 0.3) is 21.9 Å². The standard InChI is InChI=1S/C17H16O2S/c1-2-3-10-20-12-8-9-14-16(11-12)19-15-7-5-4-6-13(15)17(14)18/h4-9,11H,2-3,10H2,1H3. The first-order valence-electron chi connectivity index (χ1n) is 6.88. The van der Waals surface area contributed by atoms with Crippen molar-refractivity contribution in [2.45, 2.75) is 24.7 Å². The molecular formula is C17H16O2S. The van der Waals surface area contributed by atoms with E-state index in [1.165, 1.54) is 12.8 Å². The van der Waals surface area contributed by atoms with Gasteiger partial charge < -0.3 is 4.42 Å². The molecule has 0 fully saturated rings. The number of para-hydroxylation sites is 1. The van der Waals surface area contributed by atoms with Crippen LogP contribution in [0, 0.1) is 0 Å². The molecule has 0 unspecified atom stereocenters. The fourth-order valence-electron chi connectivity index (χ4n) is 2.21. The topological polar surface area (TPSA) is 30.2 Å². The quantitative estimate of drug-likeness (QED) is 0.390. The van der Waals surface area contributed by atoms with Crippen molar-refractivity contribution in [3.8, 4) is 0 Å². The van der Waals surface area contributed by atoms with Gasteiger partial charge in [-0.2, -0.15) is 0 Å². The second kappa shape index (κ2) is 5.71. The molecule has 0 amide bonds. The van der Waals surface area contributed by atoms with E-state index >= 15 is 0 Å². The molecule has 1 aromatic heterocycles. The van der Waals surface area contributed by atoms with Crippen LogP contribution in [-0.2, 0) is 0 Å². The molecule has 0 atom stereocenters. The normalized spacial score (nSPS) is 11.2. The predicted molar refractivity (Wildman–Crippen MR) is 85.6 cm³/mol. The molecule has 0 aliphatic carbocycles. The summed E-state index contributed by atoms with van der Waals surface area (Å²) in [5.74, 6) is 1.10. The number of hydrogen-bond acceptors (Lipinski definition) is 3. The second-order valence-corrected chi connectivity index (χ2v) is 5.96. The maximum atomic E-state index is 12.4. The summed E-state index contributed by atoms with van der Waals surface area (Å²) >= 11 is 1.81. The van der Waals surface area contributed by atoms with Crippen molar-refractivity contribution in [1.82, 2.24) is 0 Å². The third-order valence-corrected chi connectivity index (χ3v) is 4.40. The monoisotopic (exact) mass is 284 g/mol. The Morgan fingerprint density at radius 2 is 1.85 bits per heavy atom. The van der Waals surface area contributed by atoms with Crippen molar-refractivity contribution in [1.29, 1.82) is 0 Å². The van der Waals surface area contributed by atoms with Crippen molar-refractivity contribution >= 4 is 33.7 Å². The molecule has 20 heavy (non-hydrogen) atoms. The summed E-state index contributed by atoms with van der Waals surface area (Å²) in [6.45, 7) is 2.19. The van der Waals surface area contributed by atoms with E-state index in [4.69, 9.17) is 4.42 Å². The smallest absolute Gasteiger partial charge is 0.200 e. The van der Waals surface area contributed by atoms with Crippen LogP contribution < -0.4 is 5.43 Å². The van der Waals surface area contributed by atoms with Crippen molar-refractivity contribution < 1.29 is 4.42 Å². The van der Waals surface area contributed by atoms with Crippen molar-refractivity contribution in [3.05, 3.63) is 52.7 Å². The highest BCUT2D eigenvalue weighted by atomic mass is 32.2. The SMILES string of the molecule is CCCCSc1ccc2c(=O)c3ccccc3oc2c1. The lowest BCUT2D eigenvalue weighted by atomic mass is 10.1. The van der Waals surface area contributed by atoms with Crippen LogP contribution in [0.15, 0.2) is 56.6 Å². The summed E-state index contributed by atoms with van der Waals surface area (Å²) in [6, 6.07) is 13.3. The van der Waals surface area contributed by atoms with E-state index in [9.17, 15) is 4.79 Å². The fourth-order valence-corrected chi connectivity index (χ4v) is 3.23. The van der Waals surface area contributed by atoms with Crippen molar-refractivity contribution in [2.24, 2.45) is 0 Å². The molecule has 2 aromatic carbocycles. The van der Waals surface area contributed by atoms with E-state index in [-0.39, 0.29) is 5.43 Å². The van der Waals surface area contributed by atoms with Crippen molar-refractivity contribution in [3.63, 3.8) is 0 Å². The Hall–Kier alpha value is -1.74. The van der Waals surface area contributed by atoms with Gasteiger partial charge in [0.1, 0.15) is 11.2 Å². The van der Waals surface area contributed by atoms with Gasteiger partial charge in [-0.25, -0.2) is 0 Å². The highest BCUT2D eigenvalue weighted by Gasteiger charge is 2.07. The molecule has 2 nitrogen and oxygen atoms in total. The zero-order chi connectivity index (χ0) is 13.9. The number of thioether (sulfide) groups is 1. The maximum absolute atomic E-state index is 12.4. The Morgan fingerprint density at radius 1 is 1.05 bits per heavy atom. The van der Waals surface area contributed by atoms with Crippen LogP contribution in [-0.4, -0.2) is 5.75 Å². The van der Waals surface area contributed by atoms with Gasteiger partial charge in [-0.1, -0.05) is 25.5 Å². The molecule has 0 N–H and O–H groups in total. The lowest BCUT2D eigenvalue weighted by molar-refractivity contribution is 0.659. The Bertz CT molecular complexity index is 805. The third-order valence-electron chi connectivity index (χ3n) is 3.32. The van der Waals surface area contributed by atoms with Crippen LogP contribution >= 0.6 is 11.8 Å². The van der Waals surface area contributed by atoms with Crippen LogP contribution in [0.4, 0.5) is 0 Å². The van der Waals surface area contributed by atoms with Gasteiger partial charge in [0, 0.05) is 4.90 Å². The first-order chi connectivity index (χ1) is 9.79. The van der Waals surface area contributed by atoms with Crippen LogP contribution in [0.5, 0.6) is 0 Å². The summed E-state index contributed by atoms with van der Waals surface area (Å²) < 4.78 is 5.86. The molecule has 0 bridgehead atoms. The summed E-state index contributed by atoms with van der Waals surface area (Å²) in [5.41, 5.74) is 1.38. The Kier molecular flexibility index (Phi) is 3.79. The Morgan fingerprint density at radius 3 is 2.70 bits per heavy atom. The molecule has 0 saturated heterocycles. The van der Waals surface area contributed by atoms with E-state index in [0.29, 0.717) is 21.9 Å². The number of fused-ring (bicyclic) bond motifs is 2. The van der Waals surface area contributed by atoms with Gasteiger partial charge in [0.2, 0.25) is 5.43 Å². The third kappa shape index (κ3) is 2.46. The molecule has 0 saturated carbocycles. The average molecular weight is 284 g/mol. The zero-order valence-electron chi connectivity index (χ0n) is 11.4. The molecule has 3 rings (SSSR count). The van der Waals surface area contributed by atoms with E-state index in [1.807, 2.05) is 54.2 Å². The predicted octanol–water partition coefficient (Wildman–Crippen LogP) is 4.84. The number of benzene rings is 2. The molecule has 0 aliphatic heterocycles. The molecule has 3 heteroatoms. The first kappa shape index (κ1) is 13.3. The van der Waals surface area contributed by atoms with Gasteiger partial charge >= 0.3 is 0 Å². The lowest BCUT2D eigenvalue weighted by Gasteiger charge is -2.04. The first-order valence-corrected chi connectivity index (χ1v) is 7.86. The van der Waals surface area contributed by atoms with Gasteiger partial charge in [-0.3, -0.25) is 4.79 Å². The number of hydrogen-bond donors (Lipinski definition) is 0. The minimum absolute atomic E-state index is 0.0481. The van der Waals surface area contributed by atoms with E-state index < -0.39 is 0 Å². The molecular weight excluding hydrogens is 268 g/mol. The fraction of sp³-hybridized carbons (Fsp3) is 0.235. The summed E-state index contributed by atoms with van der Waals surface area (Å²) in [7, 11) is 0. The van der Waals surface area contributed by atoms with Gasteiger partial charge in [0.05, 0.1) is 10.8 Å². The van der Waals surface area contributed by atoms with Gasteiger partial charge in [0.25, 0.3) is 0 Å². The summed E-state index contributed by atoms with van der Waals surface area (Å²) in [6.07, 6.45) is 2.39. The second-order valence-electron chi connectivity index (χ2n) is 4.79. The summed E-state index contributed by atoms with van der Waals surface area (Å²) in [5, 5.41) is 1.30. The molecule has 0 radical (unpaired) electrons. The highest BCUT2D eigenvalue weighted by Crippen LogP contribution is 2.25. The Labute approximate surface area is 121 Å². The maximum Gasteiger partial charge on any atom is 0.200 e. The molecule has 0 aliphatic rings. The minimum atomic E-state index is 0.0481. The number of rotatable bonds is 4. The zero-order valence-corrected chi connectivity index (χ0v) is 12.2. The molecule has 0 spiro atoms. The van der Waals surface area contributed by atoms with Crippen LogP contribution in [0.2, 0.25) is 0 Å². The molecule has 3 aromatic rings. The Balaban J connectivity index is 2.10. The van der Waals surface area contributed by atoms with E-state index in [0.717, 1.165) is 10.6 Å². The van der Waals surface area contributed by atoms with Gasteiger partial charge in [-0.15, -0.1) is 11.8 Å². The van der Waals surface area contributed by atoms with Crippen LogP contribution in [0.1, 0.15) is 19.8 Å². The largest absolute Gasteiger partial charge is 0.456 e. The van der Waals surface area contributed by atoms with E-state index in [2.05, 4.69) is 6.92 Å². The minimum Gasteiger partial charge on any atom is -0.456 e. The van der Waals surface area contributed by atoms with Gasteiger partial charge in [0.15, 0.2) is 0 Å². The molecule has 102 valence electrons.